The van der Waals surface area contributed by atoms with Crippen molar-refractivity contribution in [3.8, 4) is 5.75 Å². The van der Waals surface area contributed by atoms with Gasteiger partial charge in [0.1, 0.15) is 11.6 Å². The molecule has 0 unspecified atom stereocenters. The molecular formula is C18H21N3O4. The predicted octanol–water partition coefficient (Wildman–Crippen LogP) is 2.80. The molecule has 7 heteroatoms. The van der Waals surface area contributed by atoms with Gasteiger partial charge in [-0.1, -0.05) is 12.8 Å². The summed E-state index contributed by atoms with van der Waals surface area (Å²) >= 11 is 0. The lowest BCUT2D eigenvalue weighted by molar-refractivity contribution is -0.119. The fourth-order valence-corrected chi connectivity index (χ4v) is 2.97. The molecule has 1 amide bonds. The van der Waals surface area contributed by atoms with Crippen LogP contribution in [0.3, 0.4) is 0 Å². The number of benzene rings is 1. The Bertz CT molecular complexity index is 733. The monoisotopic (exact) mass is 343 g/mol. The van der Waals surface area contributed by atoms with Gasteiger partial charge >= 0.3 is 5.97 Å². The van der Waals surface area contributed by atoms with E-state index in [4.69, 9.17) is 9.47 Å². The summed E-state index contributed by atoms with van der Waals surface area (Å²) in [6.07, 6.45) is 6.15. The summed E-state index contributed by atoms with van der Waals surface area (Å²) in [7, 11) is 1.55. The fourth-order valence-electron chi connectivity index (χ4n) is 2.97. The highest BCUT2D eigenvalue weighted by Gasteiger charge is 2.20. The van der Waals surface area contributed by atoms with E-state index in [9.17, 15) is 9.59 Å². The number of ether oxygens (including phenoxy) is 2. The molecule has 1 N–H and O–H groups in total. The number of esters is 1. The normalized spacial score (nSPS) is 14.3. The van der Waals surface area contributed by atoms with Gasteiger partial charge in [-0.3, -0.25) is 4.79 Å². The summed E-state index contributed by atoms with van der Waals surface area (Å²) < 4.78 is 11.9. The van der Waals surface area contributed by atoms with E-state index >= 15 is 0 Å². The van der Waals surface area contributed by atoms with Gasteiger partial charge in [-0.2, -0.15) is 5.10 Å². The summed E-state index contributed by atoms with van der Waals surface area (Å²) in [5.74, 6) is 0.343. The third-order valence-corrected chi connectivity index (χ3v) is 4.27. The van der Waals surface area contributed by atoms with Gasteiger partial charge in [-0.15, -0.1) is 0 Å². The Morgan fingerprint density at radius 2 is 1.92 bits per heavy atom. The molecule has 0 radical (unpaired) electrons. The van der Waals surface area contributed by atoms with Gasteiger partial charge in [0.25, 0.3) is 5.91 Å². The molecule has 1 heterocycles. The number of hydrogen-bond acceptors (Lipinski definition) is 5. The molecule has 0 bridgehead atoms. The average Bonchev–Trinajstić information content (AvgIpc) is 3.31. The lowest BCUT2D eigenvalue weighted by Gasteiger charge is -2.14. The number of rotatable bonds is 6. The Morgan fingerprint density at radius 1 is 1.20 bits per heavy atom. The Morgan fingerprint density at radius 3 is 2.60 bits per heavy atom. The number of amides is 1. The van der Waals surface area contributed by atoms with Crippen LogP contribution in [0.5, 0.6) is 5.75 Å². The second-order valence-electron chi connectivity index (χ2n) is 5.95. The lowest BCUT2D eigenvalue weighted by atomic mass is 10.2. The highest BCUT2D eigenvalue weighted by Crippen LogP contribution is 2.31. The van der Waals surface area contributed by atoms with Crippen molar-refractivity contribution >= 4 is 17.7 Å². The molecule has 0 aliphatic heterocycles. The third kappa shape index (κ3) is 4.17. The molecule has 1 aliphatic carbocycles. The number of nitrogens with zero attached hydrogens (tertiary/aromatic N) is 2. The first kappa shape index (κ1) is 17.0. The maximum atomic E-state index is 12.1. The molecule has 0 atom stereocenters. The van der Waals surface area contributed by atoms with Crippen LogP contribution >= 0.6 is 0 Å². The van der Waals surface area contributed by atoms with Gasteiger partial charge in [-0.05, 0) is 37.1 Å². The van der Waals surface area contributed by atoms with Crippen molar-refractivity contribution in [1.82, 2.24) is 9.78 Å². The highest BCUT2D eigenvalue weighted by molar-refractivity contribution is 5.95. The quantitative estimate of drug-likeness (QED) is 0.816. The van der Waals surface area contributed by atoms with E-state index in [0.29, 0.717) is 23.2 Å². The molecule has 1 aromatic carbocycles. The largest absolute Gasteiger partial charge is 0.497 e. The van der Waals surface area contributed by atoms with Gasteiger partial charge in [-0.25, -0.2) is 9.48 Å². The maximum absolute atomic E-state index is 12.1. The minimum absolute atomic E-state index is 0.326. The molecule has 1 aliphatic rings. The molecular weight excluding hydrogens is 322 g/mol. The summed E-state index contributed by atoms with van der Waals surface area (Å²) in [5.41, 5.74) is 0.365. The zero-order valence-corrected chi connectivity index (χ0v) is 14.1. The van der Waals surface area contributed by atoms with E-state index in [2.05, 4.69) is 10.4 Å². The van der Waals surface area contributed by atoms with Crippen molar-refractivity contribution in [1.29, 1.82) is 0 Å². The highest BCUT2D eigenvalue weighted by atomic mass is 16.5. The summed E-state index contributed by atoms with van der Waals surface area (Å²) in [6.45, 7) is -0.347. The number of carbonyl (C=O) groups is 2. The van der Waals surface area contributed by atoms with Crippen molar-refractivity contribution in [2.24, 2.45) is 0 Å². The zero-order chi connectivity index (χ0) is 17.6. The topological polar surface area (TPSA) is 82.4 Å². The van der Waals surface area contributed by atoms with E-state index in [1.807, 2.05) is 4.68 Å². The molecule has 25 heavy (non-hydrogen) atoms. The van der Waals surface area contributed by atoms with Crippen LogP contribution in [0.2, 0.25) is 0 Å². The van der Waals surface area contributed by atoms with Crippen molar-refractivity contribution in [2.75, 3.05) is 19.0 Å². The van der Waals surface area contributed by atoms with Crippen LogP contribution in [0.25, 0.3) is 0 Å². The molecule has 1 fully saturated rings. The molecule has 7 nitrogen and oxygen atoms in total. The van der Waals surface area contributed by atoms with Gasteiger partial charge in [0.15, 0.2) is 6.61 Å². The van der Waals surface area contributed by atoms with E-state index in [1.54, 1.807) is 43.6 Å². The minimum Gasteiger partial charge on any atom is -0.497 e. The Kier molecular flexibility index (Phi) is 5.33. The van der Waals surface area contributed by atoms with Crippen LogP contribution in [-0.2, 0) is 9.53 Å². The van der Waals surface area contributed by atoms with Gasteiger partial charge in [0.2, 0.25) is 0 Å². The van der Waals surface area contributed by atoms with Crippen molar-refractivity contribution in [3.05, 3.63) is 42.1 Å². The summed E-state index contributed by atoms with van der Waals surface area (Å²) in [4.78, 5) is 24.0. The van der Waals surface area contributed by atoms with Crippen LogP contribution in [-0.4, -0.2) is 35.4 Å². The molecule has 2 aromatic rings. The van der Waals surface area contributed by atoms with Gasteiger partial charge in [0.05, 0.1) is 24.9 Å². The second kappa shape index (κ2) is 7.83. The fraction of sp³-hybridized carbons (Fsp3) is 0.389. The van der Waals surface area contributed by atoms with Crippen molar-refractivity contribution in [2.45, 2.75) is 31.7 Å². The average molecular weight is 343 g/mol. The van der Waals surface area contributed by atoms with E-state index in [-0.39, 0.29) is 12.5 Å². The van der Waals surface area contributed by atoms with Crippen LogP contribution in [0.1, 0.15) is 42.1 Å². The first-order chi connectivity index (χ1) is 12.2. The Hall–Kier alpha value is -2.83. The summed E-state index contributed by atoms with van der Waals surface area (Å²) in [5, 5.41) is 7.05. The Labute approximate surface area is 145 Å². The second-order valence-corrected chi connectivity index (χ2v) is 5.95. The molecule has 0 saturated heterocycles. The number of carbonyl (C=O) groups excluding carboxylic acids is 2. The maximum Gasteiger partial charge on any atom is 0.338 e. The standard InChI is InChI=1S/C18H21N3O4/c1-24-15-8-6-13(7-9-15)18(23)25-12-17(22)20-16-10-11-19-21(16)14-4-2-3-5-14/h6-11,14H,2-5,12H2,1H3,(H,20,22). The smallest absolute Gasteiger partial charge is 0.338 e. The number of hydrogen-bond donors (Lipinski definition) is 1. The molecule has 1 saturated carbocycles. The van der Waals surface area contributed by atoms with Crippen molar-refractivity contribution in [3.63, 3.8) is 0 Å². The van der Waals surface area contributed by atoms with Crippen molar-refractivity contribution < 1.29 is 19.1 Å². The number of methoxy groups -OCH3 is 1. The molecule has 132 valence electrons. The number of aromatic nitrogens is 2. The van der Waals surface area contributed by atoms with Crippen LogP contribution in [0.4, 0.5) is 5.82 Å². The Balaban J connectivity index is 1.52. The lowest BCUT2D eigenvalue weighted by Crippen LogP contribution is -2.23. The first-order valence-electron chi connectivity index (χ1n) is 8.32. The third-order valence-electron chi connectivity index (χ3n) is 4.27. The molecule has 0 spiro atoms. The van der Waals surface area contributed by atoms with E-state index in [1.165, 1.54) is 12.8 Å². The van der Waals surface area contributed by atoms with Crippen LogP contribution in [0, 0.1) is 0 Å². The minimum atomic E-state index is -0.554. The predicted molar refractivity (Wildman–Crippen MR) is 91.6 cm³/mol. The van der Waals surface area contributed by atoms with E-state index < -0.39 is 5.97 Å². The van der Waals surface area contributed by atoms with Crippen LogP contribution < -0.4 is 10.1 Å². The van der Waals surface area contributed by atoms with E-state index in [0.717, 1.165) is 12.8 Å². The zero-order valence-electron chi connectivity index (χ0n) is 14.1. The number of nitrogens with one attached hydrogen (secondary N) is 1. The van der Waals surface area contributed by atoms with Crippen LogP contribution in [0.15, 0.2) is 36.5 Å². The molecule has 1 aromatic heterocycles. The molecule has 3 rings (SSSR count). The van der Waals surface area contributed by atoms with Gasteiger partial charge < -0.3 is 14.8 Å². The van der Waals surface area contributed by atoms with Gasteiger partial charge in [0, 0.05) is 6.07 Å². The number of anilines is 1. The summed E-state index contributed by atoms with van der Waals surface area (Å²) in [6, 6.07) is 8.59. The first-order valence-corrected chi connectivity index (χ1v) is 8.32. The SMILES string of the molecule is COc1ccc(C(=O)OCC(=O)Nc2ccnn2C2CCCC2)cc1.